The van der Waals surface area contributed by atoms with E-state index in [1.807, 2.05) is 0 Å². The zero-order valence-corrected chi connectivity index (χ0v) is 13.0. The van der Waals surface area contributed by atoms with Gasteiger partial charge in [0.15, 0.2) is 0 Å². The lowest BCUT2D eigenvalue weighted by Gasteiger charge is -2.18. The van der Waals surface area contributed by atoms with Gasteiger partial charge in [-0.1, -0.05) is 13.8 Å². The molecule has 0 saturated heterocycles. The zero-order chi connectivity index (χ0) is 15.0. The summed E-state index contributed by atoms with van der Waals surface area (Å²) in [5.41, 5.74) is 0. The Morgan fingerprint density at radius 1 is 1.35 bits per heavy atom. The standard InChI is InChI=1S/C15H22FNO2S/c1-11(2)10-14(15(18)19-3)17-8-9-20-13-6-4-12(16)5-7-13/h4-7,11,14,17H,8-10H2,1-3H3. The van der Waals surface area contributed by atoms with Crippen molar-refractivity contribution in [2.75, 3.05) is 19.4 Å². The Kier molecular flexibility index (Phi) is 7.62. The zero-order valence-electron chi connectivity index (χ0n) is 12.2. The van der Waals surface area contributed by atoms with Crippen LogP contribution in [0, 0.1) is 11.7 Å². The molecular weight excluding hydrogens is 277 g/mol. The van der Waals surface area contributed by atoms with Gasteiger partial charge in [-0.15, -0.1) is 11.8 Å². The molecule has 3 nitrogen and oxygen atoms in total. The Balaban J connectivity index is 2.33. The maximum absolute atomic E-state index is 12.8. The molecule has 0 radical (unpaired) electrons. The van der Waals surface area contributed by atoms with E-state index < -0.39 is 0 Å². The number of methoxy groups -OCH3 is 1. The van der Waals surface area contributed by atoms with Gasteiger partial charge >= 0.3 is 5.97 Å². The smallest absolute Gasteiger partial charge is 0.322 e. The Bertz CT molecular complexity index is 409. The first-order valence-electron chi connectivity index (χ1n) is 6.72. The van der Waals surface area contributed by atoms with E-state index in [1.165, 1.54) is 19.2 Å². The van der Waals surface area contributed by atoms with Crippen molar-refractivity contribution in [3.05, 3.63) is 30.1 Å². The molecule has 0 aliphatic carbocycles. The van der Waals surface area contributed by atoms with E-state index in [0.717, 1.165) is 17.1 Å². The van der Waals surface area contributed by atoms with E-state index in [2.05, 4.69) is 19.2 Å². The first-order chi connectivity index (χ1) is 9.52. The Morgan fingerprint density at radius 3 is 2.55 bits per heavy atom. The molecule has 1 unspecified atom stereocenters. The van der Waals surface area contributed by atoms with Gasteiger partial charge in [0, 0.05) is 17.2 Å². The van der Waals surface area contributed by atoms with Gasteiger partial charge in [-0.05, 0) is 36.6 Å². The number of nitrogens with one attached hydrogen (secondary N) is 1. The van der Waals surface area contributed by atoms with Gasteiger partial charge in [0.1, 0.15) is 11.9 Å². The normalized spacial score (nSPS) is 12.4. The van der Waals surface area contributed by atoms with Crippen LogP contribution in [0.2, 0.25) is 0 Å². The van der Waals surface area contributed by atoms with E-state index in [9.17, 15) is 9.18 Å². The van der Waals surface area contributed by atoms with Gasteiger partial charge in [0.05, 0.1) is 7.11 Å². The Labute approximate surface area is 124 Å². The van der Waals surface area contributed by atoms with E-state index in [1.54, 1.807) is 23.9 Å². The van der Waals surface area contributed by atoms with Crippen LogP contribution in [0.15, 0.2) is 29.2 Å². The number of carbonyl (C=O) groups is 1. The summed E-state index contributed by atoms with van der Waals surface area (Å²) < 4.78 is 17.5. The lowest BCUT2D eigenvalue weighted by molar-refractivity contribution is -0.143. The van der Waals surface area contributed by atoms with Crippen molar-refractivity contribution in [3.63, 3.8) is 0 Å². The van der Waals surface area contributed by atoms with E-state index in [-0.39, 0.29) is 17.8 Å². The van der Waals surface area contributed by atoms with Crippen LogP contribution in [0.1, 0.15) is 20.3 Å². The second kappa shape index (κ2) is 8.97. The fourth-order valence-electron chi connectivity index (χ4n) is 1.81. The first kappa shape index (κ1) is 17.0. The SMILES string of the molecule is COC(=O)C(CC(C)C)NCCSc1ccc(F)cc1. The molecule has 1 aromatic carbocycles. The molecule has 1 aromatic rings. The molecule has 0 aliphatic heterocycles. The van der Waals surface area contributed by atoms with Gasteiger partial charge in [-0.2, -0.15) is 0 Å². The second-order valence-corrected chi connectivity index (χ2v) is 6.13. The van der Waals surface area contributed by atoms with Gasteiger partial charge in [-0.3, -0.25) is 4.79 Å². The van der Waals surface area contributed by atoms with Crippen molar-refractivity contribution in [2.45, 2.75) is 31.2 Å². The minimum Gasteiger partial charge on any atom is -0.468 e. The highest BCUT2D eigenvalue weighted by molar-refractivity contribution is 7.99. The predicted molar refractivity (Wildman–Crippen MR) is 80.4 cm³/mol. The molecule has 0 spiro atoms. The summed E-state index contributed by atoms with van der Waals surface area (Å²) in [6.07, 6.45) is 0.758. The minimum atomic E-state index is -0.256. The number of rotatable bonds is 8. The molecule has 1 atom stereocenters. The maximum Gasteiger partial charge on any atom is 0.322 e. The van der Waals surface area contributed by atoms with Crippen LogP contribution in [-0.2, 0) is 9.53 Å². The summed E-state index contributed by atoms with van der Waals surface area (Å²) in [4.78, 5) is 12.6. The predicted octanol–water partition coefficient (Wildman–Crippen LogP) is 3.10. The molecule has 0 aliphatic rings. The van der Waals surface area contributed by atoms with Crippen LogP contribution >= 0.6 is 11.8 Å². The molecule has 1 rings (SSSR count). The van der Waals surface area contributed by atoms with Crippen LogP contribution in [-0.4, -0.2) is 31.4 Å². The van der Waals surface area contributed by atoms with Gasteiger partial charge in [-0.25, -0.2) is 4.39 Å². The number of ether oxygens (including phenoxy) is 1. The molecule has 1 N–H and O–H groups in total. The molecule has 0 saturated carbocycles. The highest BCUT2D eigenvalue weighted by Gasteiger charge is 2.19. The van der Waals surface area contributed by atoms with Crippen molar-refractivity contribution in [3.8, 4) is 0 Å². The summed E-state index contributed by atoms with van der Waals surface area (Å²) in [6.45, 7) is 4.85. The van der Waals surface area contributed by atoms with Crippen LogP contribution in [0.5, 0.6) is 0 Å². The molecule has 0 bridgehead atoms. The van der Waals surface area contributed by atoms with Crippen LogP contribution in [0.4, 0.5) is 4.39 Å². The number of hydrogen-bond acceptors (Lipinski definition) is 4. The molecule has 20 heavy (non-hydrogen) atoms. The Hall–Kier alpha value is -1.07. The van der Waals surface area contributed by atoms with Crippen LogP contribution in [0.3, 0.4) is 0 Å². The summed E-state index contributed by atoms with van der Waals surface area (Å²) >= 11 is 1.63. The number of benzene rings is 1. The summed E-state index contributed by atoms with van der Waals surface area (Å²) in [5, 5.41) is 3.21. The van der Waals surface area contributed by atoms with E-state index in [0.29, 0.717) is 12.5 Å². The number of esters is 1. The first-order valence-corrected chi connectivity index (χ1v) is 7.71. The minimum absolute atomic E-state index is 0.217. The summed E-state index contributed by atoms with van der Waals surface area (Å²) in [6, 6.07) is 6.16. The summed E-state index contributed by atoms with van der Waals surface area (Å²) in [5.74, 6) is 0.800. The van der Waals surface area contributed by atoms with Crippen molar-refractivity contribution in [1.29, 1.82) is 0 Å². The number of hydrogen-bond donors (Lipinski definition) is 1. The highest BCUT2D eigenvalue weighted by atomic mass is 32.2. The monoisotopic (exact) mass is 299 g/mol. The molecule has 0 heterocycles. The second-order valence-electron chi connectivity index (χ2n) is 4.96. The third kappa shape index (κ3) is 6.39. The van der Waals surface area contributed by atoms with Crippen molar-refractivity contribution >= 4 is 17.7 Å². The average Bonchev–Trinajstić information content (AvgIpc) is 2.43. The average molecular weight is 299 g/mol. The van der Waals surface area contributed by atoms with Crippen molar-refractivity contribution in [1.82, 2.24) is 5.32 Å². The van der Waals surface area contributed by atoms with Crippen LogP contribution in [0.25, 0.3) is 0 Å². The molecular formula is C15H22FNO2S. The number of carbonyl (C=O) groups excluding carboxylic acids is 1. The topological polar surface area (TPSA) is 38.3 Å². The number of halogens is 1. The fraction of sp³-hybridized carbons (Fsp3) is 0.533. The molecule has 112 valence electrons. The third-order valence-electron chi connectivity index (χ3n) is 2.77. The fourth-order valence-corrected chi connectivity index (χ4v) is 2.59. The lowest BCUT2D eigenvalue weighted by atomic mass is 10.0. The van der Waals surface area contributed by atoms with Gasteiger partial charge < -0.3 is 10.1 Å². The van der Waals surface area contributed by atoms with Gasteiger partial charge in [0.2, 0.25) is 0 Å². The van der Waals surface area contributed by atoms with Crippen LogP contribution < -0.4 is 5.32 Å². The maximum atomic E-state index is 12.8. The van der Waals surface area contributed by atoms with E-state index in [4.69, 9.17) is 4.74 Å². The third-order valence-corrected chi connectivity index (χ3v) is 3.78. The lowest BCUT2D eigenvalue weighted by Crippen LogP contribution is -2.39. The number of thioether (sulfide) groups is 1. The molecule has 0 aromatic heterocycles. The molecule has 5 heteroatoms. The molecule has 0 amide bonds. The van der Waals surface area contributed by atoms with E-state index >= 15 is 0 Å². The van der Waals surface area contributed by atoms with Crippen molar-refractivity contribution in [2.24, 2.45) is 5.92 Å². The van der Waals surface area contributed by atoms with Gasteiger partial charge in [0.25, 0.3) is 0 Å². The van der Waals surface area contributed by atoms with Crippen molar-refractivity contribution < 1.29 is 13.9 Å². The summed E-state index contributed by atoms with van der Waals surface area (Å²) in [7, 11) is 1.41. The quantitative estimate of drug-likeness (QED) is 0.455. The Morgan fingerprint density at radius 2 is 2.00 bits per heavy atom. The molecule has 0 fully saturated rings. The largest absolute Gasteiger partial charge is 0.468 e. The highest BCUT2D eigenvalue weighted by Crippen LogP contribution is 2.17.